The van der Waals surface area contributed by atoms with Crippen molar-refractivity contribution >= 4 is 0 Å². The van der Waals surface area contributed by atoms with Crippen molar-refractivity contribution in [1.29, 1.82) is 0 Å². The number of epoxide rings is 1. The topological polar surface area (TPSA) is 75.9 Å². The van der Waals surface area contributed by atoms with Crippen LogP contribution in [0, 0.1) is 10.1 Å². The fraction of sp³-hybridized carbons (Fsp3) is 0.333. The molecule has 58 valence electrons. The summed E-state index contributed by atoms with van der Waals surface area (Å²) in [5.74, 6) is -1.70. The van der Waals surface area contributed by atoms with E-state index in [4.69, 9.17) is 0 Å². The van der Waals surface area contributed by atoms with Gasteiger partial charge in [0.15, 0.2) is 0 Å². The van der Waals surface area contributed by atoms with Crippen LogP contribution in [0.4, 0.5) is 0 Å². The molecule has 1 N–H and O–H groups in total. The predicted octanol–water partition coefficient (Wildman–Crippen LogP) is -0.196. The maximum atomic E-state index is 10.4. The normalized spacial score (nSPS) is 45.2. The van der Waals surface area contributed by atoms with E-state index in [1.54, 1.807) is 0 Å². The van der Waals surface area contributed by atoms with E-state index < -0.39 is 16.4 Å². The lowest BCUT2D eigenvalue weighted by Crippen LogP contribution is -2.31. The highest BCUT2D eigenvalue weighted by Gasteiger charge is 2.80. The molecule has 0 spiro atoms. The summed E-state index contributed by atoms with van der Waals surface area (Å²) in [5.41, 5.74) is -1.71. The Bertz CT molecular complexity index is 284. The summed E-state index contributed by atoms with van der Waals surface area (Å²) < 4.78 is 4.60. The number of allylic oxidation sites excluding steroid dienone is 2. The number of rotatable bonds is 1. The number of ether oxygens (including phenoxy) is 1. The molecule has 1 aliphatic heterocycles. The average molecular weight is 155 g/mol. The van der Waals surface area contributed by atoms with Crippen LogP contribution in [-0.4, -0.2) is 21.5 Å². The van der Waals surface area contributed by atoms with Gasteiger partial charge in [-0.3, -0.25) is 14.9 Å². The Morgan fingerprint density at radius 1 is 1.45 bits per heavy atom. The van der Waals surface area contributed by atoms with Crippen molar-refractivity contribution in [1.82, 2.24) is 0 Å². The molecule has 0 amide bonds. The van der Waals surface area contributed by atoms with Crippen molar-refractivity contribution in [2.45, 2.75) is 11.5 Å². The van der Waals surface area contributed by atoms with E-state index in [1.165, 1.54) is 24.3 Å². The first-order chi connectivity index (χ1) is 5.11. The van der Waals surface area contributed by atoms with Crippen molar-refractivity contribution in [2.75, 3.05) is 0 Å². The van der Waals surface area contributed by atoms with Gasteiger partial charge in [0.05, 0.1) is 4.92 Å². The third kappa shape index (κ3) is 0.567. The fourth-order valence-corrected chi connectivity index (χ4v) is 1.12. The van der Waals surface area contributed by atoms with Crippen molar-refractivity contribution < 1.29 is 14.8 Å². The Balaban J connectivity index is 2.41. The van der Waals surface area contributed by atoms with Crippen LogP contribution in [0.5, 0.6) is 0 Å². The Morgan fingerprint density at radius 2 is 2.09 bits per heavy atom. The highest BCUT2D eigenvalue weighted by Crippen LogP contribution is 2.50. The summed E-state index contributed by atoms with van der Waals surface area (Å²) in [4.78, 5) is 9.71. The van der Waals surface area contributed by atoms with E-state index in [9.17, 15) is 15.2 Å². The zero-order valence-corrected chi connectivity index (χ0v) is 5.43. The van der Waals surface area contributed by atoms with Crippen molar-refractivity contribution in [3.05, 3.63) is 34.4 Å². The first-order valence-corrected chi connectivity index (χ1v) is 3.05. The molecule has 1 aliphatic carbocycles. The molecule has 2 unspecified atom stereocenters. The fourth-order valence-electron chi connectivity index (χ4n) is 1.12. The predicted molar refractivity (Wildman–Crippen MR) is 34.0 cm³/mol. The van der Waals surface area contributed by atoms with Gasteiger partial charge in [-0.2, -0.15) is 0 Å². The SMILES string of the molecule is O=[N+]([O-])C12C=CC=CC1(O)O2. The summed E-state index contributed by atoms with van der Waals surface area (Å²) in [5, 5.41) is 19.6. The molecule has 0 aromatic carbocycles. The first kappa shape index (κ1) is 6.51. The number of hydrogen-bond acceptors (Lipinski definition) is 4. The van der Waals surface area contributed by atoms with Crippen LogP contribution in [-0.2, 0) is 4.74 Å². The standard InChI is InChI=1S/C6H5NO4/c8-6-4-2-1-3-5(6,11-6)7(9)10/h1-4,8H. The maximum absolute atomic E-state index is 10.4. The molecule has 2 rings (SSSR count). The van der Waals surface area contributed by atoms with Gasteiger partial charge in [-0.05, 0) is 6.08 Å². The molecule has 2 aliphatic rings. The summed E-state index contributed by atoms with van der Waals surface area (Å²) in [7, 11) is 0. The Morgan fingerprint density at radius 3 is 2.55 bits per heavy atom. The number of nitro groups is 1. The first-order valence-electron chi connectivity index (χ1n) is 3.05. The van der Waals surface area contributed by atoms with Crippen LogP contribution in [0.1, 0.15) is 0 Å². The number of nitrogens with zero attached hydrogens (tertiary/aromatic N) is 1. The van der Waals surface area contributed by atoms with Crippen molar-refractivity contribution in [2.24, 2.45) is 0 Å². The molecule has 0 aromatic rings. The zero-order valence-electron chi connectivity index (χ0n) is 5.43. The smallest absolute Gasteiger partial charge is 0.354 e. The quantitative estimate of drug-likeness (QED) is 0.323. The van der Waals surface area contributed by atoms with E-state index >= 15 is 0 Å². The van der Waals surface area contributed by atoms with Crippen LogP contribution in [0.25, 0.3) is 0 Å². The second-order valence-corrected chi connectivity index (χ2v) is 2.47. The molecule has 5 nitrogen and oxygen atoms in total. The average Bonchev–Trinajstić information content (AvgIpc) is 2.56. The Kier molecular flexibility index (Phi) is 0.896. The van der Waals surface area contributed by atoms with Gasteiger partial charge in [0, 0.05) is 6.08 Å². The minimum Gasteiger partial charge on any atom is -0.354 e. The Labute approximate surface area is 61.7 Å². The van der Waals surface area contributed by atoms with Crippen LogP contribution in [0.2, 0.25) is 0 Å². The Hall–Kier alpha value is -1.20. The van der Waals surface area contributed by atoms with Gasteiger partial charge in [0.1, 0.15) is 0 Å². The molecule has 1 heterocycles. The second kappa shape index (κ2) is 1.51. The van der Waals surface area contributed by atoms with Crippen molar-refractivity contribution in [3.63, 3.8) is 0 Å². The summed E-state index contributed by atoms with van der Waals surface area (Å²) in [6, 6.07) is 0. The van der Waals surface area contributed by atoms with Crippen LogP contribution in [0.3, 0.4) is 0 Å². The molecule has 0 bridgehead atoms. The van der Waals surface area contributed by atoms with E-state index in [0.717, 1.165) is 0 Å². The number of hydrogen-bond donors (Lipinski definition) is 1. The van der Waals surface area contributed by atoms with Gasteiger partial charge >= 0.3 is 5.72 Å². The minimum atomic E-state index is -1.71. The second-order valence-electron chi connectivity index (χ2n) is 2.47. The largest absolute Gasteiger partial charge is 0.405 e. The molecule has 0 radical (unpaired) electrons. The molecule has 5 heteroatoms. The van der Waals surface area contributed by atoms with Gasteiger partial charge < -0.3 is 5.11 Å². The zero-order chi connectivity index (χ0) is 8.11. The molecular weight excluding hydrogens is 150 g/mol. The van der Waals surface area contributed by atoms with Crippen LogP contribution in [0.15, 0.2) is 24.3 Å². The summed E-state index contributed by atoms with van der Waals surface area (Å²) >= 11 is 0. The molecule has 11 heavy (non-hydrogen) atoms. The summed E-state index contributed by atoms with van der Waals surface area (Å²) in [6.45, 7) is 0. The lowest BCUT2D eigenvalue weighted by molar-refractivity contribution is -0.551. The highest BCUT2D eigenvalue weighted by molar-refractivity contribution is 5.31. The van der Waals surface area contributed by atoms with Gasteiger partial charge in [-0.1, -0.05) is 12.2 Å². The molecule has 2 atom stereocenters. The lowest BCUT2D eigenvalue weighted by Gasteiger charge is -2.02. The van der Waals surface area contributed by atoms with Gasteiger partial charge in [-0.15, -0.1) is 0 Å². The number of aliphatic hydroxyl groups is 1. The lowest BCUT2D eigenvalue weighted by atomic mass is 10.1. The van der Waals surface area contributed by atoms with Gasteiger partial charge in [-0.25, -0.2) is 0 Å². The summed E-state index contributed by atoms with van der Waals surface area (Å²) in [6.07, 6.45) is 5.47. The van der Waals surface area contributed by atoms with E-state index in [2.05, 4.69) is 4.74 Å². The van der Waals surface area contributed by atoms with E-state index in [1.807, 2.05) is 0 Å². The third-order valence-corrected chi connectivity index (χ3v) is 1.81. The van der Waals surface area contributed by atoms with E-state index in [-0.39, 0.29) is 0 Å². The number of fused-ring (bicyclic) bond motifs is 1. The molecular formula is C6H5NO4. The maximum Gasteiger partial charge on any atom is 0.405 e. The molecule has 1 fully saturated rings. The van der Waals surface area contributed by atoms with Crippen LogP contribution < -0.4 is 0 Å². The third-order valence-electron chi connectivity index (χ3n) is 1.81. The van der Waals surface area contributed by atoms with Crippen molar-refractivity contribution in [3.8, 4) is 0 Å². The van der Waals surface area contributed by atoms with Crippen LogP contribution >= 0.6 is 0 Å². The minimum absolute atomic E-state index is 0.646. The molecule has 0 saturated carbocycles. The van der Waals surface area contributed by atoms with E-state index in [0.29, 0.717) is 0 Å². The molecule has 1 saturated heterocycles. The monoisotopic (exact) mass is 155 g/mol. The molecule has 0 aromatic heterocycles. The van der Waals surface area contributed by atoms with Gasteiger partial charge in [0.2, 0.25) is 0 Å². The highest BCUT2D eigenvalue weighted by atomic mass is 16.8. The van der Waals surface area contributed by atoms with Gasteiger partial charge in [0.25, 0.3) is 5.79 Å².